The van der Waals surface area contributed by atoms with Crippen LogP contribution in [0.4, 0.5) is 0 Å². The van der Waals surface area contributed by atoms with Crippen molar-refractivity contribution in [1.82, 2.24) is 5.43 Å². The molecule has 1 aromatic carbocycles. The zero-order valence-corrected chi connectivity index (χ0v) is 12.0. The molecule has 0 radical (unpaired) electrons. The lowest BCUT2D eigenvalue weighted by Gasteiger charge is -2.00. The third-order valence-corrected chi connectivity index (χ3v) is 2.68. The molecule has 0 amide bonds. The number of benzene rings is 1. The standard InChI is InChI=1S/C14H13N3O3S/c1-19-13(18)10-4-2-9(3-5-10)12-7-6-11(20-12)8-16-17-14(15)21/h2-8H,1H3,(H3,15,17,21)/b16-8+. The molecule has 2 rings (SSSR count). The van der Waals surface area contributed by atoms with E-state index in [1.165, 1.54) is 13.3 Å². The molecular weight excluding hydrogens is 290 g/mol. The summed E-state index contributed by atoms with van der Waals surface area (Å²) in [5, 5.41) is 3.88. The molecule has 0 spiro atoms. The van der Waals surface area contributed by atoms with Crippen LogP contribution in [0.2, 0.25) is 0 Å². The first-order valence-electron chi connectivity index (χ1n) is 5.97. The average Bonchev–Trinajstić information content (AvgIpc) is 2.95. The Labute approximate surface area is 126 Å². The number of hydrazone groups is 1. The first kappa shape index (κ1) is 14.7. The number of nitrogens with two attached hydrogens (primary N) is 1. The van der Waals surface area contributed by atoms with Gasteiger partial charge in [-0.05, 0) is 36.5 Å². The van der Waals surface area contributed by atoms with Crippen LogP contribution in [0, 0.1) is 0 Å². The summed E-state index contributed by atoms with van der Waals surface area (Å²) < 4.78 is 10.2. The van der Waals surface area contributed by atoms with Crippen LogP contribution in [0.1, 0.15) is 16.1 Å². The summed E-state index contributed by atoms with van der Waals surface area (Å²) in [6, 6.07) is 10.5. The molecule has 0 unspecified atom stereocenters. The van der Waals surface area contributed by atoms with Crippen molar-refractivity contribution in [1.29, 1.82) is 0 Å². The zero-order chi connectivity index (χ0) is 15.2. The van der Waals surface area contributed by atoms with Gasteiger partial charge in [0, 0.05) is 5.56 Å². The molecule has 6 nitrogen and oxygen atoms in total. The minimum atomic E-state index is -0.377. The fourth-order valence-electron chi connectivity index (χ4n) is 1.63. The summed E-state index contributed by atoms with van der Waals surface area (Å²) in [6.45, 7) is 0. The van der Waals surface area contributed by atoms with Crippen LogP contribution in [-0.4, -0.2) is 24.4 Å². The Kier molecular flexibility index (Phi) is 4.68. The van der Waals surface area contributed by atoms with E-state index in [1.807, 2.05) is 0 Å². The number of esters is 1. The number of carbonyl (C=O) groups is 1. The van der Waals surface area contributed by atoms with E-state index in [-0.39, 0.29) is 11.1 Å². The molecule has 0 aliphatic heterocycles. The summed E-state index contributed by atoms with van der Waals surface area (Å²) in [5.41, 5.74) is 9.00. The molecule has 108 valence electrons. The number of furan rings is 1. The molecule has 7 heteroatoms. The Morgan fingerprint density at radius 2 is 2.05 bits per heavy atom. The first-order chi connectivity index (χ1) is 10.1. The molecule has 0 atom stereocenters. The lowest BCUT2D eigenvalue weighted by molar-refractivity contribution is 0.0601. The van der Waals surface area contributed by atoms with Crippen molar-refractivity contribution in [2.75, 3.05) is 7.11 Å². The van der Waals surface area contributed by atoms with Gasteiger partial charge in [0.15, 0.2) is 5.11 Å². The Balaban J connectivity index is 2.12. The van der Waals surface area contributed by atoms with Crippen LogP contribution in [0.15, 0.2) is 45.9 Å². The number of carbonyl (C=O) groups excluding carboxylic acids is 1. The van der Waals surface area contributed by atoms with Crippen molar-refractivity contribution in [3.63, 3.8) is 0 Å². The van der Waals surface area contributed by atoms with Crippen molar-refractivity contribution in [3.8, 4) is 11.3 Å². The Morgan fingerprint density at radius 1 is 1.33 bits per heavy atom. The van der Waals surface area contributed by atoms with E-state index in [1.54, 1.807) is 36.4 Å². The van der Waals surface area contributed by atoms with E-state index in [9.17, 15) is 4.79 Å². The van der Waals surface area contributed by atoms with Crippen LogP contribution in [0.5, 0.6) is 0 Å². The molecule has 0 fully saturated rings. The number of ether oxygens (including phenoxy) is 1. The highest BCUT2D eigenvalue weighted by Crippen LogP contribution is 2.22. The maximum absolute atomic E-state index is 11.3. The van der Waals surface area contributed by atoms with Crippen molar-refractivity contribution in [2.45, 2.75) is 0 Å². The summed E-state index contributed by atoms with van der Waals surface area (Å²) in [4.78, 5) is 11.3. The summed E-state index contributed by atoms with van der Waals surface area (Å²) in [7, 11) is 1.34. The highest BCUT2D eigenvalue weighted by atomic mass is 32.1. The van der Waals surface area contributed by atoms with Gasteiger partial charge in [-0.25, -0.2) is 4.79 Å². The fraction of sp³-hybridized carbons (Fsp3) is 0.0714. The van der Waals surface area contributed by atoms with Gasteiger partial charge in [-0.2, -0.15) is 5.10 Å². The molecule has 1 aromatic heterocycles. The number of nitrogens with zero attached hydrogens (tertiary/aromatic N) is 1. The largest absolute Gasteiger partial charge is 0.465 e. The van der Waals surface area contributed by atoms with Gasteiger partial charge in [-0.15, -0.1) is 0 Å². The van der Waals surface area contributed by atoms with Gasteiger partial charge in [-0.3, -0.25) is 5.43 Å². The van der Waals surface area contributed by atoms with Gasteiger partial charge in [-0.1, -0.05) is 12.1 Å². The Bertz CT molecular complexity index is 677. The van der Waals surface area contributed by atoms with Gasteiger partial charge in [0.25, 0.3) is 0 Å². The van der Waals surface area contributed by atoms with Crippen LogP contribution in [-0.2, 0) is 4.74 Å². The molecule has 2 aromatic rings. The molecule has 0 saturated heterocycles. The SMILES string of the molecule is COC(=O)c1ccc(-c2ccc(/C=N/NC(N)=S)o2)cc1. The molecular formula is C14H13N3O3S. The number of hydrogen-bond acceptors (Lipinski definition) is 5. The average molecular weight is 303 g/mol. The van der Waals surface area contributed by atoms with E-state index in [0.717, 1.165) is 5.56 Å². The van der Waals surface area contributed by atoms with Gasteiger partial charge in [0.05, 0.1) is 18.9 Å². The van der Waals surface area contributed by atoms with Crippen LogP contribution in [0.3, 0.4) is 0 Å². The Morgan fingerprint density at radius 3 is 2.67 bits per heavy atom. The number of thiocarbonyl (C=S) groups is 1. The van der Waals surface area contributed by atoms with Crippen LogP contribution in [0.25, 0.3) is 11.3 Å². The van der Waals surface area contributed by atoms with E-state index in [4.69, 9.17) is 10.2 Å². The lowest BCUT2D eigenvalue weighted by Crippen LogP contribution is -2.23. The van der Waals surface area contributed by atoms with Gasteiger partial charge < -0.3 is 14.9 Å². The van der Waals surface area contributed by atoms with Crippen LogP contribution < -0.4 is 11.2 Å². The van der Waals surface area contributed by atoms with E-state index < -0.39 is 0 Å². The molecule has 1 heterocycles. The van der Waals surface area contributed by atoms with Crippen molar-refractivity contribution in [3.05, 3.63) is 47.7 Å². The predicted molar refractivity (Wildman–Crippen MR) is 83.0 cm³/mol. The van der Waals surface area contributed by atoms with Crippen molar-refractivity contribution in [2.24, 2.45) is 10.8 Å². The van der Waals surface area contributed by atoms with Crippen molar-refractivity contribution < 1.29 is 13.9 Å². The van der Waals surface area contributed by atoms with E-state index in [2.05, 4.69) is 27.5 Å². The number of methoxy groups -OCH3 is 1. The molecule has 0 saturated carbocycles. The minimum absolute atomic E-state index is 0.0800. The molecule has 0 aliphatic carbocycles. The van der Waals surface area contributed by atoms with Crippen molar-refractivity contribution >= 4 is 29.5 Å². The third kappa shape index (κ3) is 3.90. The van der Waals surface area contributed by atoms with Gasteiger partial charge in [0.2, 0.25) is 0 Å². The molecule has 3 N–H and O–H groups in total. The minimum Gasteiger partial charge on any atom is -0.465 e. The highest BCUT2D eigenvalue weighted by Gasteiger charge is 2.07. The van der Waals surface area contributed by atoms with E-state index in [0.29, 0.717) is 17.1 Å². The first-order valence-corrected chi connectivity index (χ1v) is 6.38. The number of hydrogen-bond donors (Lipinski definition) is 2. The lowest BCUT2D eigenvalue weighted by atomic mass is 10.1. The summed E-state index contributed by atoms with van der Waals surface area (Å²) >= 11 is 4.62. The highest BCUT2D eigenvalue weighted by molar-refractivity contribution is 7.80. The van der Waals surface area contributed by atoms with Gasteiger partial charge in [0.1, 0.15) is 11.5 Å². The second-order valence-corrected chi connectivity index (χ2v) is 4.45. The molecule has 0 bridgehead atoms. The Hall–Kier alpha value is -2.67. The smallest absolute Gasteiger partial charge is 0.337 e. The summed E-state index contributed by atoms with van der Waals surface area (Å²) in [6.07, 6.45) is 1.46. The maximum atomic E-state index is 11.3. The van der Waals surface area contributed by atoms with Gasteiger partial charge >= 0.3 is 5.97 Å². The quantitative estimate of drug-likeness (QED) is 0.388. The fourth-order valence-corrected chi connectivity index (χ4v) is 1.68. The normalized spacial score (nSPS) is 10.5. The number of rotatable bonds is 4. The molecule has 21 heavy (non-hydrogen) atoms. The second kappa shape index (κ2) is 6.67. The van der Waals surface area contributed by atoms with E-state index >= 15 is 0 Å². The molecule has 0 aliphatic rings. The predicted octanol–water partition coefficient (Wildman–Crippen LogP) is 1.90. The summed E-state index contributed by atoms with van der Waals surface area (Å²) in [5.74, 6) is 0.826. The number of nitrogens with one attached hydrogen (secondary N) is 1. The zero-order valence-electron chi connectivity index (χ0n) is 11.2. The maximum Gasteiger partial charge on any atom is 0.337 e. The second-order valence-electron chi connectivity index (χ2n) is 4.01. The third-order valence-electron chi connectivity index (χ3n) is 2.58. The monoisotopic (exact) mass is 303 g/mol. The topological polar surface area (TPSA) is 89.8 Å². The van der Waals surface area contributed by atoms with Crippen LogP contribution >= 0.6 is 12.2 Å².